The van der Waals surface area contributed by atoms with E-state index >= 15 is 0 Å². The Morgan fingerprint density at radius 2 is 1.83 bits per heavy atom. The highest BCUT2D eigenvalue weighted by Gasteiger charge is 2.71. The summed E-state index contributed by atoms with van der Waals surface area (Å²) in [7, 11) is 0. The fraction of sp³-hybridized carbons (Fsp3) is 0.559. The Hall–Kier alpha value is -3.87. The van der Waals surface area contributed by atoms with Crippen molar-refractivity contribution in [3.8, 4) is 0 Å². The van der Waals surface area contributed by atoms with Gasteiger partial charge in [0.2, 0.25) is 0 Å². The smallest absolute Gasteiger partial charge is 0.331 e. The van der Waals surface area contributed by atoms with Gasteiger partial charge in [0.15, 0.2) is 5.69 Å². The summed E-state index contributed by atoms with van der Waals surface area (Å²) < 4.78 is 5.24. The molecule has 2 amide bonds. The van der Waals surface area contributed by atoms with Gasteiger partial charge in [-0.15, -0.1) is 0 Å². The Morgan fingerprint density at radius 1 is 1.04 bits per heavy atom. The van der Waals surface area contributed by atoms with Crippen LogP contribution in [0.5, 0.6) is 0 Å². The van der Waals surface area contributed by atoms with E-state index in [2.05, 4.69) is 32.7 Å². The lowest BCUT2D eigenvalue weighted by molar-refractivity contribution is -0.237. The average molecular weight is 632 g/mol. The molecule has 12 heteroatoms. The number of cyclic esters (lactones) is 1. The second kappa shape index (κ2) is 11.1. The number of amides is 2. The van der Waals surface area contributed by atoms with Gasteiger partial charge in [-0.2, -0.15) is 5.10 Å². The number of esters is 1. The summed E-state index contributed by atoms with van der Waals surface area (Å²) in [5.41, 5.74) is 0.255. The first-order valence-corrected chi connectivity index (χ1v) is 16.2. The van der Waals surface area contributed by atoms with Crippen LogP contribution in [0.3, 0.4) is 0 Å². The van der Waals surface area contributed by atoms with E-state index in [-0.39, 0.29) is 48.1 Å². The zero-order chi connectivity index (χ0) is 32.3. The second-order valence-corrected chi connectivity index (χ2v) is 14.2. The van der Waals surface area contributed by atoms with Gasteiger partial charge in [-0.3, -0.25) is 9.59 Å². The molecule has 244 valence electrons. The summed E-state index contributed by atoms with van der Waals surface area (Å²) in [6.07, 6.45) is 8.62. The van der Waals surface area contributed by atoms with E-state index in [1.165, 1.54) is 6.33 Å². The number of hydrogen-bond acceptors (Lipinski definition) is 9. The third-order valence-electron chi connectivity index (χ3n) is 12.2. The molecule has 4 aliphatic carbocycles. The molecule has 2 aromatic rings. The second-order valence-electron chi connectivity index (χ2n) is 14.2. The van der Waals surface area contributed by atoms with Gasteiger partial charge in [0.05, 0.1) is 23.6 Å². The number of para-hydroxylation sites is 1. The summed E-state index contributed by atoms with van der Waals surface area (Å²) in [6.45, 7) is 2.40. The SMILES string of the molecule is CC12CC[C@H]3[C@@H](CCC4(O)C[C@H](O)CCC34/C=N/NC(=O)c3nc[nH]c3C(=O)Nc3ccccc3)C1(O)CCC2C1=CC(=O)OC1. The number of ether oxygens (including phenoxy) is 1. The third-order valence-corrected chi connectivity index (χ3v) is 12.2. The highest BCUT2D eigenvalue weighted by atomic mass is 16.5. The molecule has 1 aromatic carbocycles. The minimum atomic E-state index is -1.27. The predicted octanol–water partition coefficient (Wildman–Crippen LogP) is 3.09. The van der Waals surface area contributed by atoms with Crippen LogP contribution in [-0.4, -0.2) is 73.2 Å². The number of nitrogens with one attached hydrogen (secondary N) is 3. The molecule has 4 fully saturated rings. The van der Waals surface area contributed by atoms with Gasteiger partial charge in [-0.05, 0) is 86.8 Å². The van der Waals surface area contributed by atoms with Gasteiger partial charge >= 0.3 is 5.97 Å². The van der Waals surface area contributed by atoms with E-state index in [1.807, 2.05) is 6.07 Å². The summed E-state index contributed by atoms with van der Waals surface area (Å²) in [4.78, 5) is 44.9. The van der Waals surface area contributed by atoms with Crippen LogP contribution in [0.2, 0.25) is 0 Å². The molecule has 12 nitrogen and oxygen atoms in total. The minimum Gasteiger partial charge on any atom is -0.458 e. The van der Waals surface area contributed by atoms with Crippen molar-refractivity contribution in [1.82, 2.24) is 15.4 Å². The fourth-order valence-corrected chi connectivity index (χ4v) is 9.97. The number of nitrogens with zero attached hydrogens (tertiary/aromatic N) is 2. The van der Waals surface area contributed by atoms with Gasteiger partial charge in [0, 0.05) is 35.2 Å². The van der Waals surface area contributed by atoms with Crippen LogP contribution in [0.4, 0.5) is 5.69 Å². The molecule has 46 heavy (non-hydrogen) atoms. The van der Waals surface area contributed by atoms with Crippen LogP contribution in [0.15, 0.2) is 53.4 Å². The number of hydrazone groups is 1. The number of hydrogen-bond donors (Lipinski definition) is 6. The summed E-state index contributed by atoms with van der Waals surface area (Å²) in [6, 6.07) is 8.86. The van der Waals surface area contributed by atoms with Crippen molar-refractivity contribution >= 4 is 29.7 Å². The molecule has 1 aliphatic heterocycles. The molecule has 0 radical (unpaired) electrons. The first-order valence-electron chi connectivity index (χ1n) is 16.2. The number of aliphatic hydroxyl groups excluding tert-OH is 1. The van der Waals surface area contributed by atoms with E-state index in [0.29, 0.717) is 50.6 Å². The van der Waals surface area contributed by atoms with Crippen molar-refractivity contribution in [1.29, 1.82) is 0 Å². The van der Waals surface area contributed by atoms with Crippen molar-refractivity contribution in [3.63, 3.8) is 0 Å². The monoisotopic (exact) mass is 631 g/mol. The molecule has 6 N–H and O–H groups in total. The molecule has 1 aromatic heterocycles. The Kier molecular flexibility index (Phi) is 7.45. The maximum absolute atomic E-state index is 13.3. The molecule has 0 bridgehead atoms. The van der Waals surface area contributed by atoms with Crippen LogP contribution in [-0.2, 0) is 9.53 Å². The first-order chi connectivity index (χ1) is 22.0. The van der Waals surface area contributed by atoms with Crippen LogP contribution >= 0.6 is 0 Å². The molecule has 5 unspecified atom stereocenters. The Balaban J connectivity index is 1.15. The van der Waals surface area contributed by atoms with Crippen molar-refractivity contribution in [2.24, 2.45) is 33.7 Å². The van der Waals surface area contributed by atoms with Gasteiger partial charge in [0.25, 0.3) is 11.8 Å². The molecular weight excluding hydrogens is 590 g/mol. The topological polar surface area (TPSA) is 186 Å². The predicted molar refractivity (Wildman–Crippen MR) is 166 cm³/mol. The lowest BCUT2D eigenvalue weighted by Gasteiger charge is -2.65. The summed E-state index contributed by atoms with van der Waals surface area (Å²) in [5.74, 6) is -1.81. The molecule has 0 saturated heterocycles. The lowest BCUT2D eigenvalue weighted by atomic mass is 9.41. The number of aliphatic hydroxyl groups is 3. The number of carbonyl (C=O) groups excluding carboxylic acids is 3. The van der Waals surface area contributed by atoms with E-state index in [1.54, 1.807) is 36.6 Å². The zero-order valence-electron chi connectivity index (χ0n) is 25.9. The molecule has 7 rings (SSSR count). The highest BCUT2D eigenvalue weighted by Crippen LogP contribution is 2.70. The van der Waals surface area contributed by atoms with E-state index in [9.17, 15) is 29.7 Å². The fourth-order valence-electron chi connectivity index (χ4n) is 9.97. The van der Waals surface area contributed by atoms with Crippen LogP contribution < -0.4 is 10.7 Å². The molecule has 4 saturated carbocycles. The highest BCUT2D eigenvalue weighted by molar-refractivity contribution is 6.10. The lowest BCUT2D eigenvalue weighted by Crippen LogP contribution is -2.68. The Morgan fingerprint density at radius 3 is 2.59 bits per heavy atom. The van der Waals surface area contributed by atoms with Gasteiger partial charge in [0.1, 0.15) is 12.3 Å². The first kappa shape index (κ1) is 30.8. The van der Waals surface area contributed by atoms with Crippen molar-refractivity contribution in [3.05, 3.63) is 59.7 Å². The quantitative estimate of drug-likeness (QED) is 0.159. The number of carbonyl (C=O) groups is 3. The minimum absolute atomic E-state index is 0.0150. The standard InChI is InChI=1S/C34H41N5O7/c1-31-11-8-24-25(34(31,45)14-10-23(31)20-15-26(41)46-17-20)9-13-33(44)16-22(40)7-12-32(24,33)18-37-39-30(43)28-27(35-19-36-28)29(42)38-21-5-3-2-4-6-21/h2-6,15,18-19,22-25,40,44-45H,7-14,16-17H2,1H3,(H,35,36)(H,38,42)(H,39,43)/b37-18+/t22-,23?,24+,25-,31?,32?,33?,34?/m1/s1. The molecule has 0 spiro atoms. The van der Waals surface area contributed by atoms with E-state index in [0.717, 1.165) is 12.0 Å². The number of fused-ring (bicyclic) bond motifs is 5. The maximum Gasteiger partial charge on any atom is 0.331 e. The van der Waals surface area contributed by atoms with Crippen LogP contribution in [0, 0.1) is 28.6 Å². The van der Waals surface area contributed by atoms with Crippen molar-refractivity contribution in [2.75, 3.05) is 11.9 Å². The number of aromatic amines is 1. The Bertz CT molecular complexity index is 1610. The largest absolute Gasteiger partial charge is 0.458 e. The zero-order valence-corrected chi connectivity index (χ0v) is 25.9. The van der Waals surface area contributed by atoms with Crippen molar-refractivity contribution < 1.29 is 34.4 Å². The van der Waals surface area contributed by atoms with Gasteiger partial charge < -0.3 is 30.4 Å². The average Bonchev–Trinajstić information content (AvgIpc) is 3.75. The molecular formula is C34H41N5O7. The number of imidazole rings is 1. The van der Waals surface area contributed by atoms with Crippen LogP contribution in [0.1, 0.15) is 85.7 Å². The molecule has 5 aliphatic rings. The normalized spacial score (nSPS) is 38.3. The molecule has 2 heterocycles. The summed E-state index contributed by atoms with van der Waals surface area (Å²) >= 11 is 0. The number of H-pyrrole nitrogens is 1. The van der Waals surface area contributed by atoms with Gasteiger partial charge in [-0.25, -0.2) is 15.2 Å². The number of anilines is 1. The Labute approximate surface area is 266 Å². The van der Waals surface area contributed by atoms with Crippen LogP contribution in [0.25, 0.3) is 0 Å². The van der Waals surface area contributed by atoms with E-state index < -0.39 is 40.0 Å². The third kappa shape index (κ3) is 4.64. The summed E-state index contributed by atoms with van der Waals surface area (Å²) in [5, 5.41) is 42.6. The number of benzene rings is 1. The van der Waals surface area contributed by atoms with E-state index in [4.69, 9.17) is 4.74 Å². The number of rotatable bonds is 6. The number of aromatic nitrogens is 2. The molecule has 8 atom stereocenters. The van der Waals surface area contributed by atoms with Crippen molar-refractivity contribution in [2.45, 2.75) is 82.0 Å². The maximum atomic E-state index is 13.3. The van der Waals surface area contributed by atoms with Gasteiger partial charge in [-0.1, -0.05) is 25.1 Å².